The maximum atomic E-state index is 8.99. The molecule has 0 aliphatic heterocycles. The number of rotatable bonds is 5. The van der Waals surface area contributed by atoms with Gasteiger partial charge in [0.1, 0.15) is 5.75 Å². The van der Waals surface area contributed by atoms with Crippen molar-refractivity contribution in [3.63, 3.8) is 0 Å². The van der Waals surface area contributed by atoms with Crippen LogP contribution in [0, 0.1) is 0 Å². The molecule has 0 bridgehead atoms. The third-order valence-corrected chi connectivity index (χ3v) is 3.17. The number of benzene rings is 1. The van der Waals surface area contributed by atoms with E-state index in [2.05, 4.69) is 28.2 Å². The van der Waals surface area contributed by atoms with Gasteiger partial charge in [0.15, 0.2) is 0 Å². The van der Waals surface area contributed by atoms with Crippen LogP contribution in [0.3, 0.4) is 0 Å². The van der Waals surface area contributed by atoms with E-state index in [9.17, 15) is 0 Å². The van der Waals surface area contributed by atoms with E-state index in [1.165, 1.54) is 0 Å². The average molecular weight is 288 g/mol. The van der Waals surface area contributed by atoms with Gasteiger partial charge in [-0.3, -0.25) is 0 Å². The SMILES string of the molecule is COc1ccc([C@@H](C)N[C@H](C)CO)c(Br)c1. The second-order valence-corrected chi connectivity index (χ2v) is 4.71. The summed E-state index contributed by atoms with van der Waals surface area (Å²) in [5, 5.41) is 12.3. The van der Waals surface area contributed by atoms with E-state index in [4.69, 9.17) is 9.84 Å². The van der Waals surface area contributed by atoms with E-state index in [1.807, 2.05) is 25.1 Å². The molecule has 0 saturated heterocycles. The van der Waals surface area contributed by atoms with E-state index < -0.39 is 0 Å². The lowest BCUT2D eigenvalue weighted by atomic mass is 10.1. The standard InChI is InChI=1S/C12H18BrNO2/c1-8(7-15)14-9(2)11-5-4-10(16-3)6-12(11)13/h4-6,8-9,14-15H,7H2,1-3H3/t8-,9-/m1/s1. The number of ether oxygens (including phenoxy) is 1. The molecule has 0 aliphatic rings. The van der Waals surface area contributed by atoms with Crippen molar-refractivity contribution in [3.8, 4) is 5.75 Å². The van der Waals surface area contributed by atoms with Crippen LogP contribution in [-0.2, 0) is 0 Å². The summed E-state index contributed by atoms with van der Waals surface area (Å²) < 4.78 is 6.15. The van der Waals surface area contributed by atoms with Crippen molar-refractivity contribution in [2.75, 3.05) is 13.7 Å². The third kappa shape index (κ3) is 3.47. The Morgan fingerprint density at radius 2 is 2.12 bits per heavy atom. The summed E-state index contributed by atoms with van der Waals surface area (Å²) in [5.41, 5.74) is 1.15. The zero-order chi connectivity index (χ0) is 12.1. The summed E-state index contributed by atoms with van der Waals surface area (Å²) in [6.07, 6.45) is 0. The minimum Gasteiger partial charge on any atom is -0.497 e. The molecule has 16 heavy (non-hydrogen) atoms. The minimum atomic E-state index is 0.0870. The van der Waals surface area contributed by atoms with Gasteiger partial charge in [-0.1, -0.05) is 22.0 Å². The van der Waals surface area contributed by atoms with Crippen molar-refractivity contribution in [2.24, 2.45) is 0 Å². The zero-order valence-corrected chi connectivity index (χ0v) is 11.4. The molecule has 90 valence electrons. The van der Waals surface area contributed by atoms with Gasteiger partial charge < -0.3 is 15.2 Å². The average Bonchev–Trinajstić information content (AvgIpc) is 2.28. The maximum Gasteiger partial charge on any atom is 0.120 e. The normalized spacial score (nSPS) is 14.6. The molecule has 0 radical (unpaired) electrons. The van der Waals surface area contributed by atoms with Crippen molar-refractivity contribution < 1.29 is 9.84 Å². The molecule has 1 aromatic rings. The van der Waals surface area contributed by atoms with Crippen LogP contribution in [-0.4, -0.2) is 24.9 Å². The second-order valence-electron chi connectivity index (χ2n) is 3.86. The van der Waals surface area contributed by atoms with E-state index in [-0.39, 0.29) is 18.7 Å². The molecule has 3 nitrogen and oxygen atoms in total. The highest BCUT2D eigenvalue weighted by atomic mass is 79.9. The summed E-state index contributed by atoms with van der Waals surface area (Å²) in [6, 6.07) is 6.16. The maximum absolute atomic E-state index is 8.99. The summed E-state index contributed by atoms with van der Waals surface area (Å²) in [4.78, 5) is 0. The fraction of sp³-hybridized carbons (Fsp3) is 0.500. The van der Waals surface area contributed by atoms with Gasteiger partial charge in [0.25, 0.3) is 0 Å². The highest BCUT2D eigenvalue weighted by Crippen LogP contribution is 2.27. The molecule has 0 fully saturated rings. The van der Waals surface area contributed by atoms with Crippen LogP contribution in [0.1, 0.15) is 25.5 Å². The van der Waals surface area contributed by atoms with Gasteiger partial charge in [0, 0.05) is 16.6 Å². The molecule has 0 saturated carbocycles. The van der Waals surface area contributed by atoms with Crippen molar-refractivity contribution in [2.45, 2.75) is 25.9 Å². The van der Waals surface area contributed by atoms with E-state index in [1.54, 1.807) is 7.11 Å². The number of hydrogen-bond acceptors (Lipinski definition) is 3. The Bertz CT molecular complexity index is 344. The lowest BCUT2D eigenvalue weighted by Gasteiger charge is -2.20. The molecule has 2 N–H and O–H groups in total. The number of methoxy groups -OCH3 is 1. The number of halogens is 1. The van der Waals surface area contributed by atoms with E-state index in [0.29, 0.717) is 0 Å². The van der Waals surface area contributed by atoms with Gasteiger partial charge >= 0.3 is 0 Å². The molecule has 2 atom stereocenters. The largest absolute Gasteiger partial charge is 0.497 e. The molecule has 0 spiro atoms. The Labute approximate surface area is 105 Å². The van der Waals surface area contributed by atoms with Crippen LogP contribution in [0.5, 0.6) is 5.75 Å². The van der Waals surface area contributed by atoms with Crippen LogP contribution in [0.15, 0.2) is 22.7 Å². The monoisotopic (exact) mass is 287 g/mol. The van der Waals surface area contributed by atoms with Gasteiger partial charge in [0.2, 0.25) is 0 Å². The fourth-order valence-electron chi connectivity index (χ4n) is 1.56. The van der Waals surface area contributed by atoms with Crippen LogP contribution in [0.25, 0.3) is 0 Å². The third-order valence-electron chi connectivity index (χ3n) is 2.48. The smallest absolute Gasteiger partial charge is 0.120 e. The molecule has 0 unspecified atom stereocenters. The summed E-state index contributed by atoms with van der Waals surface area (Å²) in [5.74, 6) is 0.832. The first-order valence-electron chi connectivity index (χ1n) is 5.28. The molecule has 0 aliphatic carbocycles. The molecule has 0 aromatic heterocycles. The second kappa shape index (κ2) is 6.23. The van der Waals surface area contributed by atoms with E-state index >= 15 is 0 Å². The molecule has 1 aromatic carbocycles. The van der Waals surface area contributed by atoms with Crippen LogP contribution in [0.4, 0.5) is 0 Å². The topological polar surface area (TPSA) is 41.5 Å². The zero-order valence-electron chi connectivity index (χ0n) is 9.83. The number of hydrogen-bond donors (Lipinski definition) is 2. The fourth-order valence-corrected chi connectivity index (χ4v) is 2.26. The Morgan fingerprint density at radius 1 is 1.44 bits per heavy atom. The Kier molecular flexibility index (Phi) is 5.25. The van der Waals surface area contributed by atoms with Gasteiger partial charge in [-0.2, -0.15) is 0 Å². The first-order chi connectivity index (χ1) is 7.58. The Morgan fingerprint density at radius 3 is 2.62 bits per heavy atom. The summed E-state index contributed by atoms with van der Waals surface area (Å²) in [6.45, 7) is 4.16. The van der Waals surface area contributed by atoms with Crippen molar-refractivity contribution in [3.05, 3.63) is 28.2 Å². The van der Waals surface area contributed by atoms with Crippen LogP contribution in [0.2, 0.25) is 0 Å². The first kappa shape index (κ1) is 13.5. The van der Waals surface area contributed by atoms with Crippen LogP contribution >= 0.6 is 15.9 Å². The van der Waals surface area contributed by atoms with Gasteiger partial charge in [-0.05, 0) is 31.5 Å². The molecule has 1 rings (SSSR count). The summed E-state index contributed by atoms with van der Waals surface area (Å²) in [7, 11) is 1.65. The number of aliphatic hydroxyl groups is 1. The highest BCUT2D eigenvalue weighted by molar-refractivity contribution is 9.10. The molecule has 4 heteroatoms. The van der Waals surface area contributed by atoms with Crippen molar-refractivity contribution in [1.82, 2.24) is 5.32 Å². The molecular weight excluding hydrogens is 270 g/mol. The lowest BCUT2D eigenvalue weighted by molar-refractivity contribution is 0.243. The highest BCUT2D eigenvalue weighted by Gasteiger charge is 2.12. The van der Waals surface area contributed by atoms with Crippen molar-refractivity contribution in [1.29, 1.82) is 0 Å². The molecule has 0 heterocycles. The van der Waals surface area contributed by atoms with Crippen molar-refractivity contribution >= 4 is 15.9 Å². The van der Waals surface area contributed by atoms with Crippen LogP contribution < -0.4 is 10.1 Å². The first-order valence-corrected chi connectivity index (χ1v) is 6.08. The minimum absolute atomic E-state index is 0.0870. The Balaban J connectivity index is 2.79. The predicted octanol–water partition coefficient (Wildman–Crippen LogP) is 2.49. The van der Waals surface area contributed by atoms with Gasteiger partial charge in [0.05, 0.1) is 13.7 Å². The lowest BCUT2D eigenvalue weighted by Crippen LogP contribution is -2.31. The molecule has 0 amide bonds. The van der Waals surface area contributed by atoms with Gasteiger partial charge in [-0.25, -0.2) is 0 Å². The molecular formula is C12H18BrNO2. The predicted molar refractivity (Wildman–Crippen MR) is 68.8 cm³/mol. The number of nitrogens with one attached hydrogen (secondary N) is 1. The quantitative estimate of drug-likeness (QED) is 0.874. The summed E-state index contributed by atoms with van der Waals surface area (Å²) >= 11 is 3.52. The Hall–Kier alpha value is -0.580. The van der Waals surface area contributed by atoms with Gasteiger partial charge in [-0.15, -0.1) is 0 Å². The number of aliphatic hydroxyl groups excluding tert-OH is 1. The van der Waals surface area contributed by atoms with E-state index in [0.717, 1.165) is 15.8 Å².